The van der Waals surface area contributed by atoms with Crippen molar-refractivity contribution in [2.75, 3.05) is 5.32 Å². The summed E-state index contributed by atoms with van der Waals surface area (Å²) in [4.78, 5) is 25.6. The number of aryl methyl sites for hydroxylation is 2. The number of amides is 1. The standard InChI is InChI=1S/C21H21Cl2NO3/c1-13-9-10-14(2)16(11-13)24-18(25)17(15-7-5-4-6-8-15)27-19(26)20(3)12-21(20,22)23/h4-11,17H,12H2,1-3H3,(H,24,25)/t17-,20-/m0/s1. The van der Waals surface area contributed by atoms with Crippen LogP contribution in [0.25, 0.3) is 0 Å². The minimum atomic E-state index is -1.16. The molecule has 142 valence electrons. The summed E-state index contributed by atoms with van der Waals surface area (Å²) in [6.07, 6.45) is -0.803. The van der Waals surface area contributed by atoms with Crippen LogP contribution in [0, 0.1) is 19.3 Å². The van der Waals surface area contributed by atoms with Gasteiger partial charge in [-0.15, -0.1) is 23.2 Å². The molecule has 0 aliphatic heterocycles. The van der Waals surface area contributed by atoms with Crippen molar-refractivity contribution in [1.82, 2.24) is 0 Å². The monoisotopic (exact) mass is 405 g/mol. The first-order valence-electron chi connectivity index (χ1n) is 8.66. The number of rotatable bonds is 5. The molecule has 0 aromatic heterocycles. The van der Waals surface area contributed by atoms with E-state index in [1.165, 1.54) is 0 Å². The number of benzene rings is 2. The first kappa shape index (κ1) is 19.7. The van der Waals surface area contributed by atoms with Crippen LogP contribution in [-0.4, -0.2) is 16.2 Å². The fourth-order valence-electron chi connectivity index (χ4n) is 2.83. The molecule has 0 heterocycles. The third-order valence-electron chi connectivity index (χ3n) is 4.92. The molecule has 1 fully saturated rings. The average Bonchev–Trinajstić information content (AvgIpc) is 3.15. The normalized spacial score (nSPS) is 21.2. The molecule has 1 aliphatic rings. The molecule has 27 heavy (non-hydrogen) atoms. The predicted molar refractivity (Wildman–Crippen MR) is 107 cm³/mol. The minimum Gasteiger partial charge on any atom is -0.447 e. The van der Waals surface area contributed by atoms with Gasteiger partial charge in [-0.25, -0.2) is 0 Å². The SMILES string of the molecule is Cc1ccc(C)c(NC(=O)[C@@H](OC(=O)[C@]2(C)CC2(Cl)Cl)c2ccccc2)c1. The molecule has 0 radical (unpaired) electrons. The van der Waals surface area contributed by atoms with Crippen molar-refractivity contribution >= 4 is 40.8 Å². The van der Waals surface area contributed by atoms with Crippen LogP contribution in [0.4, 0.5) is 5.69 Å². The first-order valence-corrected chi connectivity index (χ1v) is 9.42. The molecule has 1 aliphatic carbocycles. The van der Waals surface area contributed by atoms with Gasteiger partial charge in [0.2, 0.25) is 6.10 Å². The number of esters is 1. The number of hydrogen-bond donors (Lipinski definition) is 1. The Balaban J connectivity index is 1.85. The van der Waals surface area contributed by atoms with E-state index >= 15 is 0 Å². The van der Waals surface area contributed by atoms with E-state index in [9.17, 15) is 9.59 Å². The highest BCUT2D eigenvalue weighted by atomic mass is 35.5. The van der Waals surface area contributed by atoms with Crippen molar-refractivity contribution in [3.63, 3.8) is 0 Å². The number of carbonyl (C=O) groups excluding carboxylic acids is 2. The number of anilines is 1. The maximum Gasteiger partial charge on any atom is 0.316 e. The molecule has 2 aromatic carbocycles. The van der Waals surface area contributed by atoms with Crippen LogP contribution in [-0.2, 0) is 14.3 Å². The van der Waals surface area contributed by atoms with Crippen LogP contribution in [0.5, 0.6) is 0 Å². The molecule has 3 rings (SSSR count). The molecular weight excluding hydrogens is 385 g/mol. The van der Waals surface area contributed by atoms with Crippen molar-refractivity contribution in [3.8, 4) is 0 Å². The summed E-state index contributed by atoms with van der Waals surface area (Å²) in [7, 11) is 0. The van der Waals surface area contributed by atoms with E-state index in [-0.39, 0.29) is 0 Å². The fraction of sp³-hybridized carbons (Fsp3) is 0.333. The topological polar surface area (TPSA) is 55.4 Å². The van der Waals surface area contributed by atoms with Gasteiger partial charge in [0.15, 0.2) is 0 Å². The van der Waals surface area contributed by atoms with Crippen molar-refractivity contribution in [2.45, 2.75) is 37.6 Å². The van der Waals surface area contributed by atoms with Crippen LogP contribution in [0.3, 0.4) is 0 Å². The second-order valence-corrected chi connectivity index (χ2v) is 8.70. The zero-order chi connectivity index (χ0) is 19.8. The Morgan fingerprint density at radius 1 is 1.11 bits per heavy atom. The first-order chi connectivity index (χ1) is 12.6. The summed E-state index contributed by atoms with van der Waals surface area (Å²) in [5.74, 6) is -1.01. The number of carbonyl (C=O) groups is 2. The summed E-state index contributed by atoms with van der Waals surface area (Å²) >= 11 is 12.2. The zero-order valence-corrected chi connectivity index (χ0v) is 16.9. The lowest BCUT2D eigenvalue weighted by Crippen LogP contribution is -2.30. The largest absolute Gasteiger partial charge is 0.447 e. The van der Waals surface area contributed by atoms with E-state index in [4.69, 9.17) is 27.9 Å². The Labute approximate surface area is 168 Å². The van der Waals surface area contributed by atoms with Crippen molar-refractivity contribution < 1.29 is 14.3 Å². The highest BCUT2D eigenvalue weighted by Gasteiger charge is 2.69. The number of alkyl halides is 2. The predicted octanol–water partition coefficient (Wildman–Crippen LogP) is 5.11. The van der Waals surface area contributed by atoms with Crippen molar-refractivity contribution in [1.29, 1.82) is 0 Å². The van der Waals surface area contributed by atoms with Gasteiger partial charge >= 0.3 is 5.97 Å². The van der Waals surface area contributed by atoms with Crippen molar-refractivity contribution in [3.05, 3.63) is 65.2 Å². The molecule has 0 unspecified atom stereocenters. The summed E-state index contributed by atoms with van der Waals surface area (Å²) < 4.78 is 4.43. The fourth-order valence-corrected chi connectivity index (χ4v) is 3.52. The Bertz CT molecular complexity index is 882. The molecule has 2 aromatic rings. The maximum absolute atomic E-state index is 13.0. The Hall–Kier alpha value is -2.04. The molecule has 0 spiro atoms. The Kier molecular flexibility index (Phi) is 5.24. The lowest BCUT2D eigenvalue weighted by molar-refractivity contribution is -0.159. The van der Waals surface area contributed by atoms with Gasteiger partial charge in [0.1, 0.15) is 9.75 Å². The van der Waals surface area contributed by atoms with E-state index in [1.807, 2.05) is 38.1 Å². The van der Waals surface area contributed by atoms with Crippen LogP contribution >= 0.6 is 23.2 Å². The van der Waals surface area contributed by atoms with Gasteiger partial charge in [-0.05, 0) is 38.0 Å². The van der Waals surface area contributed by atoms with Gasteiger partial charge in [0.25, 0.3) is 5.91 Å². The van der Waals surface area contributed by atoms with Gasteiger partial charge in [-0.2, -0.15) is 0 Å². The molecule has 0 saturated heterocycles. The smallest absolute Gasteiger partial charge is 0.316 e. The van der Waals surface area contributed by atoms with E-state index < -0.39 is 27.7 Å². The van der Waals surface area contributed by atoms with Gasteiger partial charge in [0, 0.05) is 17.7 Å². The van der Waals surface area contributed by atoms with Crippen LogP contribution in [0.2, 0.25) is 0 Å². The van der Waals surface area contributed by atoms with Crippen molar-refractivity contribution in [2.24, 2.45) is 5.41 Å². The highest BCUT2D eigenvalue weighted by molar-refractivity contribution is 6.53. The molecule has 2 atom stereocenters. The van der Waals surface area contributed by atoms with Crippen LogP contribution < -0.4 is 5.32 Å². The van der Waals surface area contributed by atoms with E-state index in [1.54, 1.807) is 31.2 Å². The molecule has 1 amide bonds. The summed E-state index contributed by atoms with van der Waals surface area (Å²) in [5.41, 5.74) is 2.18. The third kappa shape index (κ3) is 3.97. The second kappa shape index (κ2) is 7.17. The maximum atomic E-state index is 13.0. The molecule has 1 saturated carbocycles. The molecule has 6 heteroatoms. The zero-order valence-electron chi connectivity index (χ0n) is 15.4. The van der Waals surface area contributed by atoms with Gasteiger partial charge in [-0.3, -0.25) is 9.59 Å². The Morgan fingerprint density at radius 2 is 1.74 bits per heavy atom. The molecule has 1 N–H and O–H groups in total. The number of nitrogens with one attached hydrogen (secondary N) is 1. The van der Waals surface area contributed by atoms with Gasteiger partial charge in [0.05, 0.1) is 0 Å². The molecular formula is C21H21Cl2NO3. The quantitative estimate of drug-likeness (QED) is 0.555. The molecule has 0 bridgehead atoms. The van der Waals surface area contributed by atoms with E-state index in [2.05, 4.69) is 5.32 Å². The lowest BCUT2D eigenvalue weighted by Gasteiger charge is -2.21. The number of ether oxygens (including phenoxy) is 1. The van der Waals surface area contributed by atoms with Gasteiger partial charge < -0.3 is 10.1 Å². The van der Waals surface area contributed by atoms with Gasteiger partial charge in [-0.1, -0.05) is 42.5 Å². The van der Waals surface area contributed by atoms with Crippen LogP contribution in [0.1, 0.15) is 36.1 Å². The molecule has 4 nitrogen and oxygen atoms in total. The third-order valence-corrected chi connectivity index (χ3v) is 6.03. The minimum absolute atomic E-state index is 0.294. The highest BCUT2D eigenvalue weighted by Crippen LogP contribution is 2.64. The van der Waals surface area contributed by atoms with Crippen LogP contribution in [0.15, 0.2) is 48.5 Å². The number of halogens is 2. The van der Waals surface area contributed by atoms with E-state index in [0.29, 0.717) is 17.7 Å². The second-order valence-electron chi connectivity index (χ2n) is 7.22. The Morgan fingerprint density at radius 3 is 2.33 bits per heavy atom. The lowest BCUT2D eigenvalue weighted by atomic mass is 10.1. The average molecular weight is 406 g/mol. The van der Waals surface area contributed by atoms with E-state index in [0.717, 1.165) is 11.1 Å². The summed E-state index contributed by atoms with van der Waals surface area (Å²) in [6, 6.07) is 14.6. The summed E-state index contributed by atoms with van der Waals surface area (Å²) in [5, 5.41) is 2.87. The summed E-state index contributed by atoms with van der Waals surface area (Å²) in [6.45, 7) is 5.48. The number of hydrogen-bond acceptors (Lipinski definition) is 3.